The number of benzene rings is 1. The highest BCUT2D eigenvalue weighted by Crippen LogP contribution is 2.38. The number of carbonyl (C=O) groups is 2. The number of para-hydroxylation sites is 1. The van der Waals surface area contributed by atoms with Crippen molar-refractivity contribution in [2.24, 2.45) is 5.92 Å². The number of carbonyl (C=O) groups excluding carboxylic acids is 2. The fourth-order valence-electron chi connectivity index (χ4n) is 4.92. The van der Waals surface area contributed by atoms with Crippen molar-refractivity contribution in [2.45, 2.75) is 57.2 Å². The molecule has 0 saturated carbocycles. The summed E-state index contributed by atoms with van der Waals surface area (Å²) in [6.45, 7) is 4.57. The summed E-state index contributed by atoms with van der Waals surface area (Å²) in [7, 11) is 0. The Morgan fingerprint density at radius 1 is 1.20 bits per heavy atom. The maximum Gasteiger partial charge on any atom is 0.255 e. The molecule has 3 atom stereocenters. The fourth-order valence-corrected chi connectivity index (χ4v) is 4.92. The standard InChI is InChI=1S/C23H31N3O4/c1-23(2,14-27)25-21(28)12-26-16-7-8-17(26)10-15(9-16)11-24-22(29)19-13-30-20-6-4-3-5-18(19)20/h3-6,13,15-17,27H,7-12,14H2,1-2H3,(H,24,29)(H,25,28)/t15?,16-,17+. The van der Waals surface area contributed by atoms with E-state index in [-0.39, 0.29) is 18.4 Å². The van der Waals surface area contributed by atoms with Crippen LogP contribution in [0.5, 0.6) is 0 Å². The minimum Gasteiger partial charge on any atom is -0.463 e. The van der Waals surface area contributed by atoms with E-state index >= 15 is 0 Å². The van der Waals surface area contributed by atoms with Gasteiger partial charge in [-0.2, -0.15) is 0 Å². The van der Waals surface area contributed by atoms with Crippen LogP contribution in [0.4, 0.5) is 0 Å². The van der Waals surface area contributed by atoms with Crippen molar-refractivity contribution in [3.8, 4) is 0 Å². The number of hydrogen-bond acceptors (Lipinski definition) is 5. The van der Waals surface area contributed by atoms with Crippen LogP contribution in [0.25, 0.3) is 11.0 Å². The zero-order chi connectivity index (χ0) is 21.3. The summed E-state index contributed by atoms with van der Waals surface area (Å²) in [6, 6.07) is 8.31. The molecule has 1 aromatic carbocycles. The monoisotopic (exact) mass is 413 g/mol. The van der Waals surface area contributed by atoms with Crippen LogP contribution in [0.3, 0.4) is 0 Å². The van der Waals surface area contributed by atoms with Crippen molar-refractivity contribution < 1.29 is 19.1 Å². The average molecular weight is 414 g/mol. The highest BCUT2D eigenvalue weighted by molar-refractivity contribution is 6.05. The summed E-state index contributed by atoms with van der Waals surface area (Å²) in [5.74, 6) is 0.280. The highest BCUT2D eigenvalue weighted by Gasteiger charge is 2.41. The second-order valence-corrected chi connectivity index (χ2v) is 9.34. The molecule has 2 aliphatic rings. The summed E-state index contributed by atoms with van der Waals surface area (Å²) >= 11 is 0. The predicted octanol–water partition coefficient (Wildman–Crippen LogP) is 2.29. The Morgan fingerprint density at radius 2 is 1.90 bits per heavy atom. The Balaban J connectivity index is 1.30. The minimum absolute atomic E-state index is 0.0375. The molecule has 1 unspecified atom stereocenters. The first-order valence-corrected chi connectivity index (χ1v) is 10.8. The molecule has 2 bridgehead atoms. The van der Waals surface area contributed by atoms with Gasteiger partial charge in [0.1, 0.15) is 11.8 Å². The third-order valence-corrected chi connectivity index (χ3v) is 6.46. The van der Waals surface area contributed by atoms with Crippen LogP contribution in [0, 0.1) is 5.92 Å². The molecule has 7 heteroatoms. The van der Waals surface area contributed by atoms with E-state index in [1.54, 1.807) is 0 Å². The zero-order valence-corrected chi connectivity index (χ0v) is 17.7. The maximum absolute atomic E-state index is 12.7. The van der Waals surface area contributed by atoms with Gasteiger partial charge < -0.3 is 20.2 Å². The van der Waals surface area contributed by atoms with E-state index in [0.29, 0.717) is 36.7 Å². The molecule has 0 radical (unpaired) electrons. The van der Waals surface area contributed by atoms with Crippen molar-refractivity contribution in [1.29, 1.82) is 0 Å². The van der Waals surface area contributed by atoms with Gasteiger partial charge in [-0.15, -0.1) is 0 Å². The molecule has 0 aliphatic carbocycles. The summed E-state index contributed by atoms with van der Waals surface area (Å²) < 4.78 is 5.48. The molecule has 1 aromatic heterocycles. The van der Waals surface area contributed by atoms with Gasteiger partial charge in [0, 0.05) is 24.0 Å². The SMILES string of the molecule is CC(C)(CO)NC(=O)CN1[C@@H]2CC[C@H]1CC(CNC(=O)c1coc3ccccc13)C2. The van der Waals surface area contributed by atoms with Crippen molar-refractivity contribution in [1.82, 2.24) is 15.5 Å². The summed E-state index contributed by atoms with van der Waals surface area (Å²) in [5.41, 5.74) is 0.696. The Morgan fingerprint density at radius 3 is 2.60 bits per heavy atom. The first-order valence-electron chi connectivity index (χ1n) is 10.8. The Kier molecular flexibility index (Phi) is 5.84. The third-order valence-electron chi connectivity index (χ3n) is 6.46. The van der Waals surface area contributed by atoms with Gasteiger partial charge in [-0.1, -0.05) is 18.2 Å². The number of aliphatic hydroxyl groups excluding tert-OH is 1. The number of furan rings is 1. The molecule has 4 rings (SSSR count). The molecule has 30 heavy (non-hydrogen) atoms. The lowest BCUT2D eigenvalue weighted by molar-refractivity contribution is -0.125. The van der Waals surface area contributed by atoms with Gasteiger partial charge in [0.05, 0.1) is 24.3 Å². The van der Waals surface area contributed by atoms with E-state index in [2.05, 4.69) is 15.5 Å². The Bertz CT molecular complexity index is 908. The molecule has 2 saturated heterocycles. The number of aliphatic hydroxyl groups is 1. The minimum atomic E-state index is -0.601. The van der Waals surface area contributed by atoms with Crippen LogP contribution in [0.15, 0.2) is 34.9 Å². The van der Waals surface area contributed by atoms with Crippen LogP contribution in [-0.2, 0) is 4.79 Å². The predicted molar refractivity (Wildman–Crippen MR) is 114 cm³/mol. The number of rotatable bonds is 7. The molecule has 3 N–H and O–H groups in total. The number of piperidine rings is 1. The number of hydrogen-bond donors (Lipinski definition) is 3. The number of nitrogens with one attached hydrogen (secondary N) is 2. The first-order chi connectivity index (χ1) is 14.4. The van der Waals surface area contributed by atoms with Gasteiger partial charge in [0.25, 0.3) is 5.91 Å². The lowest BCUT2D eigenvalue weighted by Gasteiger charge is -2.39. The lowest BCUT2D eigenvalue weighted by Crippen LogP contribution is -2.53. The molecule has 2 amide bonds. The van der Waals surface area contributed by atoms with Crippen LogP contribution >= 0.6 is 0 Å². The van der Waals surface area contributed by atoms with E-state index in [0.717, 1.165) is 36.7 Å². The van der Waals surface area contributed by atoms with E-state index in [4.69, 9.17) is 4.42 Å². The molecular weight excluding hydrogens is 382 g/mol. The molecule has 0 spiro atoms. The van der Waals surface area contributed by atoms with Gasteiger partial charge in [0.2, 0.25) is 5.91 Å². The van der Waals surface area contributed by atoms with Crippen molar-refractivity contribution in [3.63, 3.8) is 0 Å². The normalized spacial score (nSPS) is 24.2. The fraction of sp³-hybridized carbons (Fsp3) is 0.565. The maximum atomic E-state index is 12.7. The Labute approximate surface area is 176 Å². The molecule has 7 nitrogen and oxygen atoms in total. The van der Waals surface area contributed by atoms with E-state index < -0.39 is 5.54 Å². The summed E-state index contributed by atoms with van der Waals surface area (Å²) in [4.78, 5) is 27.4. The van der Waals surface area contributed by atoms with Crippen LogP contribution in [0.1, 0.15) is 49.9 Å². The smallest absolute Gasteiger partial charge is 0.255 e. The molecule has 2 aliphatic heterocycles. The second-order valence-electron chi connectivity index (χ2n) is 9.34. The molecule has 2 aromatic rings. The number of nitrogens with zero attached hydrogens (tertiary/aromatic N) is 1. The van der Waals surface area contributed by atoms with Gasteiger partial charge >= 0.3 is 0 Å². The van der Waals surface area contributed by atoms with Gasteiger partial charge in [-0.25, -0.2) is 0 Å². The van der Waals surface area contributed by atoms with Gasteiger partial charge in [0.15, 0.2) is 0 Å². The van der Waals surface area contributed by atoms with E-state index in [9.17, 15) is 14.7 Å². The number of amides is 2. The molecule has 3 heterocycles. The molecule has 2 fully saturated rings. The third kappa shape index (κ3) is 4.37. The van der Waals surface area contributed by atoms with Crippen LogP contribution < -0.4 is 10.6 Å². The summed E-state index contributed by atoms with van der Waals surface area (Å²) in [5, 5.41) is 16.2. The van der Waals surface area contributed by atoms with E-state index in [1.165, 1.54) is 6.26 Å². The largest absolute Gasteiger partial charge is 0.463 e. The van der Waals surface area contributed by atoms with E-state index in [1.807, 2.05) is 38.1 Å². The van der Waals surface area contributed by atoms with Gasteiger partial charge in [-0.05, 0) is 51.5 Å². The quantitative estimate of drug-likeness (QED) is 0.647. The highest BCUT2D eigenvalue weighted by atomic mass is 16.3. The average Bonchev–Trinajstić information content (AvgIpc) is 3.23. The molecule has 162 valence electrons. The zero-order valence-electron chi connectivity index (χ0n) is 17.7. The van der Waals surface area contributed by atoms with Gasteiger partial charge in [-0.3, -0.25) is 14.5 Å². The van der Waals surface area contributed by atoms with Crippen LogP contribution in [-0.4, -0.2) is 59.1 Å². The summed E-state index contributed by atoms with van der Waals surface area (Å²) in [6.07, 6.45) is 5.69. The Hall–Kier alpha value is -2.38. The molecular formula is C23H31N3O4. The van der Waals surface area contributed by atoms with Crippen molar-refractivity contribution in [2.75, 3.05) is 19.7 Å². The first kappa shape index (κ1) is 20.9. The van der Waals surface area contributed by atoms with Crippen LogP contribution in [0.2, 0.25) is 0 Å². The topological polar surface area (TPSA) is 94.8 Å². The second kappa shape index (κ2) is 8.40. The number of fused-ring (bicyclic) bond motifs is 3. The van der Waals surface area contributed by atoms with Crippen molar-refractivity contribution in [3.05, 3.63) is 36.1 Å². The lowest BCUT2D eigenvalue weighted by atomic mass is 9.90. The van der Waals surface area contributed by atoms with Crippen molar-refractivity contribution >= 4 is 22.8 Å².